The first-order valence-corrected chi connectivity index (χ1v) is 7.32. The Bertz CT molecular complexity index is 475. The number of nitrogens with one attached hydrogen (secondary N) is 1. The Morgan fingerprint density at radius 3 is 2.60 bits per heavy atom. The Balaban J connectivity index is 2.00. The summed E-state index contributed by atoms with van der Waals surface area (Å²) in [7, 11) is 4.35. The topological polar surface area (TPSA) is 56.4 Å². The summed E-state index contributed by atoms with van der Waals surface area (Å²) in [6.45, 7) is 5.54. The smallest absolute Gasteiger partial charge is 0.123 e. The van der Waals surface area contributed by atoms with Gasteiger partial charge in [0.25, 0.3) is 0 Å². The lowest BCUT2D eigenvalue weighted by atomic mass is 9.96. The zero-order valence-corrected chi connectivity index (χ0v) is 12.8. The molecule has 1 aromatic carbocycles. The van der Waals surface area contributed by atoms with Crippen molar-refractivity contribution in [2.75, 3.05) is 38.6 Å². The average Bonchev–Trinajstić information content (AvgIpc) is 2.40. The molecule has 1 heterocycles. The number of piperidine rings is 1. The van der Waals surface area contributed by atoms with Crippen LogP contribution in [0.15, 0.2) is 18.2 Å². The fourth-order valence-electron chi connectivity index (χ4n) is 2.92. The lowest BCUT2D eigenvalue weighted by molar-refractivity contribution is 0.222. The minimum Gasteiger partial charge on any atom is -0.384 e. The predicted molar refractivity (Wildman–Crippen MR) is 85.7 cm³/mol. The standard InChI is InChI=1S/C16H26N4/c1-12-10-14(4-5-15(12)16(17)18)20(3)11-13-6-8-19(2)9-7-13/h4-5,10,13H,6-9,11H2,1-3H3,(H3,17,18). The van der Waals surface area contributed by atoms with Crippen molar-refractivity contribution in [3.05, 3.63) is 29.3 Å². The highest BCUT2D eigenvalue weighted by molar-refractivity contribution is 5.96. The number of nitrogens with two attached hydrogens (primary N) is 1. The van der Waals surface area contributed by atoms with Crippen LogP contribution in [-0.4, -0.2) is 44.5 Å². The van der Waals surface area contributed by atoms with Gasteiger partial charge in [0.1, 0.15) is 5.84 Å². The van der Waals surface area contributed by atoms with Gasteiger partial charge < -0.3 is 15.5 Å². The number of anilines is 1. The predicted octanol–water partition coefficient (Wildman–Crippen LogP) is 2.06. The fraction of sp³-hybridized carbons (Fsp3) is 0.562. The van der Waals surface area contributed by atoms with Crippen molar-refractivity contribution in [2.45, 2.75) is 19.8 Å². The van der Waals surface area contributed by atoms with E-state index in [0.717, 1.165) is 23.6 Å². The highest BCUT2D eigenvalue weighted by atomic mass is 15.1. The second-order valence-corrected chi connectivity index (χ2v) is 6.04. The maximum Gasteiger partial charge on any atom is 0.123 e. The summed E-state index contributed by atoms with van der Waals surface area (Å²) in [5.74, 6) is 0.927. The van der Waals surface area contributed by atoms with Gasteiger partial charge in [-0.25, -0.2) is 0 Å². The van der Waals surface area contributed by atoms with Crippen LogP contribution in [0.3, 0.4) is 0 Å². The molecular weight excluding hydrogens is 248 g/mol. The van der Waals surface area contributed by atoms with Crippen LogP contribution in [0.1, 0.15) is 24.0 Å². The Hall–Kier alpha value is -1.55. The van der Waals surface area contributed by atoms with Crippen molar-refractivity contribution in [3.63, 3.8) is 0 Å². The Kier molecular flexibility index (Phi) is 4.65. The van der Waals surface area contributed by atoms with E-state index in [0.29, 0.717) is 0 Å². The number of nitrogen functional groups attached to an aromatic ring is 1. The fourth-order valence-corrected chi connectivity index (χ4v) is 2.92. The normalized spacial score (nSPS) is 17.1. The van der Waals surface area contributed by atoms with Gasteiger partial charge in [0.15, 0.2) is 0 Å². The second kappa shape index (κ2) is 6.27. The molecule has 3 N–H and O–H groups in total. The van der Waals surface area contributed by atoms with E-state index in [4.69, 9.17) is 11.1 Å². The summed E-state index contributed by atoms with van der Waals surface area (Å²) in [4.78, 5) is 4.73. The van der Waals surface area contributed by atoms with Crippen molar-refractivity contribution < 1.29 is 0 Å². The first-order valence-electron chi connectivity index (χ1n) is 7.32. The van der Waals surface area contributed by atoms with Crippen LogP contribution in [-0.2, 0) is 0 Å². The molecule has 1 saturated heterocycles. The number of aryl methyl sites for hydroxylation is 1. The molecule has 1 fully saturated rings. The Morgan fingerprint density at radius 2 is 2.05 bits per heavy atom. The van der Waals surface area contributed by atoms with Crippen LogP contribution in [0.5, 0.6) is 0 Å². The number of likely N-dealkylation sites (tertiary alicyclic amines) is 1. The van der Waals surface area contributed by atoms with Crippen molar-refractivity contribution >= 4 is 11.5 Å². The summed E-state index contributed by atoms with van der Waals surface area (Å²) < 4.78 is 0. The molecule has 2 rings (SSSR count). The molecule has 0 atom stereocenters. The summed E-state index contributed by atoms with van der Waals surface area (Å²) in [5, 5.41) is 7.54. The molecule has 4 nitrogen and oxygen atoms in total. The Labute approximate surface area is 122 Å². The molecule has 20 heavy (non-hydrogen) atoms. The molecule has 0 amide bonds. The van der Waals surface area contributed by atoms with Crippen molar-refractivity contribution in [1.29, 1.82) is 5.41 Å². The lowest BCUT2D eigenvalue weighted by Crippen LogP contribution is -2.35. The minimum atomic E-state index is 0.145. The van der Waals surface area contributed by atoms with E-state index in [1.807, 2.05) is 13.0 Å². The van der Waals surface area contributed by atoms with Crippen LogP contribution in [0.2, 0.25) is 0 Å². The third-order valence-electron chi connectivity index (χ3n) is 4.31. The van der Waals surface area contributed by atoms with E-state index < -0.39 is 0 Å². The summed E-state index contributed by atoms with van der Waals surface area (Å²) in [5.41, 5.74) is 8.69. The van der Waals surface area contributed by atoms with Gasteiger partial charge in [-0.2, -0.15) is 0 Å². The zero-order chi connectivity index (χ0) is 14.7. The molecular formula is C16H26N4. The highest BCUT2D eigenvalue weighted by Gasteiger charge is 2.18. The SMILES string of the molecule is Cc1cc(N(C)CC2CCN(C)CC2)ccc1C(=N)N. The van der Waals surface area contributed by atoms with E-state index in [1.54, 1.807) is 0 Å². The number of hydrogen-bond donors (Lipinski definition) is 2. The number of benzene rings is 1. The molecule has 4 heteroatoms. The zero-order valence-electron chi connectivity index (χ0n) is 12.8. The van der Waals surface area contributed by atoms with Gasteiger partial charge in [-0.3, -0.25) is 5.41 Å². The quantitative estimate of drug-likeness (QED) is 0.652. The first kappa shape index (κ1) is 14.9. The number of hydrogen-bond acceptors (Lipinski definition) is 3. The number of amidine groups is 1. The molecule has 1 aromatic rings. The summed E-state index contributed by atoms with van der Waals surface area (Å²) in [6, 6.07) is 6.16. The third-order valence-corrected chi connectivity index (χ3v) is 4.31. The molecule has 1 aliphatic heterocycles. The van der Waals surface area contributed by atoms with Gasteiger partial charge in [0.05, 0.1) is 0 Å². The molecule has 1 aliphatic rings. The Morgan fingerprint density at radius 1 is 1.40 bits per heavy atom. The van der Waals surface area contributed by atoms with E-state index in [1.165, 1.54) is 31.6 Å². The van der Waals surface area contributed by atoms with Crippen LogP contribution in [0.25, 0.3) is 0 Å². The van der Waals surface area contributed by atoms with Crippen LogP contribution in [0.4, 0.5) is 5.69 Å². The first-order chi connectivity index (χ1) is 9.47. The largest absolute Gasteiger partial charge is 0.384 e. The molecule has 0 aromatic heterocycles. The molecule has 0 aliphatic carbocycles. The van der Waals surface area contributed by atoms with E-state index in [-0.39, 0.29) is 5.84 Å². The van der Waals surface area contributed by atoms with Crippen molar-refractivity contribution in [2.24, 2.45) is 11.7 Å². The molecule has 0 bridgehead atoms. The maximum atomic E-state index is 7.54. The maximum absolute atomic E-state index is 7.54. The molecule has 0 saturated carbocycles. The summed E-state index contributed by atoms with van der Waals surface area (Å²) in [6.07, 6.45) is 2.57. The average molecular weight is 274 g/mol. The third kappa shape index (κ3) is 3.51. The van der Waals surface area contributed by atoms with Gasteiger partial charge in [0.2, 0.25) is 0 Å². The van der Waals surface area contributed by atoms with E-state index >= 15 is 0 Å². The van der Waals surface area contributed by atoms with Crippen LogP contribution >= 0.6 is 0 Å². The van der Waals surface area contributed by atoms with Crippen LogP contribution in [0, 0.1) is 18.3 Å². The van der Waals surface area contributed by atoms with E-state index in [9.17, 15) is 0 Å². The molecule has 0 unspecified atom stereocenters. The summed E-state index contributed by atoms with van der Waals surface area (Å²) >= 11 is 0. The monoisotopic (exact) mass is 274 g/mol. The van der Waals surface area contributed by atoms with Gasteiger partial charge in [-0.15, -0.1) is 0 Å². The van der Waals surface area contributed by atoms with Crippen LogP contribution < -0.4 is 10.6 Å². The lowest BCUT2D eigenvalue weighted by Gasteiger charge is -2.32. The molecule has 110 valence electrons. The number of nitrogens with zero attached hydrogens (tertiary/aromatic N) is 2. The van der Waals surface area contributed by atoms with Gasteiger partial charge in [-0.05, 0) is 69.6 Å². The van der Waals surface area contributed by atoms with Gasteiger partial charge in [-0.1, -0.05) is 0 Å². The minimum absolute atomic E-state index is 0.145. The molecule has 0 radical (unpaired) electrons. The van der Waals surface area contributed by atoms with E-state index in [2.05, 4.69) is 36.0 Å². The number of rotatable bonds is 4. The van der Waals surface area contributed by atoms with Gasteiger partial charge in [0, 0.05) is 24.8 Å². The molecule has 0 spiro atoms. The van der Waals surface area contributed by atoms with Crippen molar-refractivity contribution in [3.8, 4) is 0 Å². The van der Waals surface area contributed by atoms with Crippen molar-refractivity contribution in [1.82, 2.24) is 4.90 Å². The second-order valence-electron chi connectivity index (χ2n) is 6.04. The van der Waals surface area contributed by atoms with Gasteiger partial charge >= 0.3 is 0 Å². The highest BCUT2D eigenvalue weighted by Crippen LogP contribution is 2.22.